The van der Waals surface area contributed by atoms with Crippen molar-refractivity contribution in [2.45, 2.75) is 42.3 Å². The van der Waals surface area contributed by atoms with Crippen molar-refractivity contribution in [2.24, 2.45) is 5.92 Å². The van der Waals surface area contributed by atoms with Crippen molar-refractivity contribution in [3.8, 4) is 0 Å². The summed E-state index contributed by atoms with van der Waals surface area (Å²) in [6, 6.07) is 13.7. The molecular formula is C26H29N9O2S. The summed E-state index contributed by atoms with van der Waals surface area (Å²) < 4.78 is 1.87. The van der Waals surface area contributed by atoms with Gasteiger partial charge in [0.1, 0.15) is 5.65 Å². The minimum absolute atomic E-state index is 0.0213. The van der Waals surface area contributed by atoms with Crippen molar-refractivity contribution >= 4 is 46.7 Å². The molecule has 1 aromatic carbocycles. The number of amides is 2. The average molecular weight is 532 g/mol. The standard InChI is InChI=1S/C26H29N9O2S/c1-16-13-21(33-32-16)29-25-31-26(30-22-3-2-11-35(22)25)38-20-8-6-18(7-9-20)27-23(36)15-34-12-10-17(14-34)24(37)28-19-4-5-19/h2-3,6-9,11,13,17,19H,4-5,10,12,14-15H2,1H3,(H,27,36)(H,28,37)(H2,29,30,31,32,33)/t17-/m1/s1. The van der Waals surface area contributed by atoms with E-state index in [1.807, 2.05) is 64.9 Å². The number of aryl methyl sites for hydroxylation is 1. The summed E-state index contributed by atoms with van der Waals surface area (Å²) in [5, 5.41) is 17.0. The van der Waals surface area contributed by atoms with Crippen molar-refractivity contribution in [2.75, 3.05) is 30.3 Å². The van der Waals surface area contributed by atoms with Crippen molar-refractivity contribution in [1.29, 1.82) is 0 Å². The number of aromatic nitrogens is 5. The number of carbonyl (C=O) groups excluding carboxylic acids is 2. The molecule has 1 saturated carbocycles. The van der Waals surface area contributed by atoms with Crippen LogP contribution in [0.4, 0.5) is 17.5 Å². The van der Waals surface area contributed by atoms with Gasteiger partial charge in [-0.3, -0.25) is 24.0 Å². The van der Waals surface area contributed by atoms with Crippen LogP contribution in [0, 0.1) is 12.8 Å². The van der Waals surface area contributed by atoms with Gasteiger partial charge >= 0.3 is 0 Å². The Morgan fingerprint density at radius 3 is 2.74 bits per heavy atom. The van der Waals surface area contributed by atoms with Crippen LogP contribution in [-0.4, -0.2) is 67.0 Å². The van der Waals surface area contributed by atoms with Gasteiger partial charge in [-0.2, -0.15) is 10.1 Å². The molecule has 4 N–H and O–H groups in total. The first kappa shape index (κ1) is 24.4. The van der Waals surface area contributed by atoms with Gasteiger partial charge in [0.25, 0.3) is 0 Å². The maximum Gasteiger partial charge on any atom is 0.238 e. The van der Waals surface area contributed by atoms with Gasteiger partial charge in [-0.05, 0) is 80.9 Å². The number of likely N-dealkylation sites (tertiary alicyclic amines) is 1. The second-order valence-corrected chi connectivity index (χ2v) is 10.8. The number of hydrogen-bond acceptors (Lipinski definition) is 8. The SMILES string of the molecule is Cc1cc(Nc2nc(Sc3ccc(NC(=O)CN4CC[C@@H](C(=O)NC5CC5)C4)cc3)nc3cccn23)n[nH]1. The van der Waals surface area contributed by atoms with Gasteiger partial charge in [-0.15, -0.1) is 0 Å². The lowest BCUT2D eigenvalue weighted by Gasteiger charge is -2.16. The van der Waals surface area contributed by atoms with Crippen LogP contribution in [0.25, 0.3) is 5.65 Å². The van der Waals surface area contributed by atoms with Gasteiger partial charge < -0.3 is 16.0 Å². The minimum atomic E-state index is -0.0833. The van der Waals surface area contributed by atoms with E-state index in [1.165, 1.54) is 11.8 Å². The Hall–Kier alpha value is -3.90. The molecule has 1 aliphatic carbocycles. The molecule has 196 valence electrons. The van der Waals surface area contributed by atoms with Crippen LogP contribution in [0.1, 0.15) is 25.0 Å². The lowest BCUT2D eigenvalue weighted by molar-refractivity contribution is -0.125. The van der Waals surface area contributed by atoms with E-state index < -0.39 is 0 Å². The van der Waals surface area contributed by atoms with Crippen LogP contribution in [-0.2, 0) is 9.59 Å². The summed E-state index contributed by atoms with van der Waals surface area (Å²) in [6.45, 7) is 3.61. The van der Waals surface area contributed by atoms with Gasteiger partial charge in [-0.25, -0.2) is 4.98 Å². The molecule has 38 heavy (non-hydrogen) atoms. The number of H-pyrrole nitrogens is 1. The predicted octanol–water partition coefficient (Wildman–Crippen LogP) is 3.19. The highest BCUT2D eigenvalue weighted by molar-refractivity contribution is 7.99. The molecule has 1 atom stereocenters. The Morgan fingerprint density at radius 2 is 1.97 bits per heavy atom. The highest BCUT2D eigenvalue weighted by atomic mass is 32.2. The molecule has 0 bridgehead atoms. The number of hydrogen-bond donors (Lipinski definition) is 4. The molecule has 4 aromatic rings. The summed E-state index contributed by atoms with van der Waals surface area (Å²) in [4.78, 5) is 37.2. The summed E-state index contributed by atoms with van der Waals surface area (Å²) in [7, 11) is 0. The van der Waals surface area contributed by atoms with Crippen LogP contribution in [0.2, 0.25) is 0 Å². The highest BCUT2D eigenvalue weighted by Gasteiger charge is 2.32. The molecule has 1 aliphatic heterocycles. The summed E-state index contributed by atoms with van der Waals surface area (Å²) in [5.41, 5.74) is 2.45. The monoisotopic (exact) mass is 531 g/mol. The first-order valence-corrected chi connectivity index (χ1v) is 13.5. The lowest BCUT2D eigenvalue weighted by Crippen LogP contribution is -2.36. The number of aromatic amines is 1. The molecule has 6 rings (SSSR count). The highest BCUT2D eigenvalue weighted by Crippen LogP contribution is 2.28. The van der Waals surface area contributed by atoms with Gasteiger partial charge in [0.05, 0.1) is 12.5 Å². The Bertz CT molecular complexity index is 1460. The van der Waals surface area contributed by atoms with E-state index in [-0.39, 0.29) is 24.3 Å². The summed E-state index contributed by atoms with van der Waals surface area (Å²) in [6.07, 6.45) is 4.87. The number of carbonyl (C=O) groups is 2. The fourth-order valence-electron chi connectivity index (χ4n) is 4.49. The number of fused-ring (bicyclic) bond motifs is 1. The molecule has 11 nitrogen and oxygen atoms in total. The molecule has 12 heteroatoms. The van der Waals surface area contributed by atoms with E-state index in [0.29, 0.717) is 29.5 Å². The first-order valence-electron chi connectivity index (χ1n) is 12.7. The van der Waals surface area contributed by atoms with Crippen LogP contribution >= 0.6 is 11.8 Å². The van der Waals surface area contributed by atoms with E-state index in [4.69, 9.17) is 0 Å². The molecule has 0 spiro atoms. The van der Waals surface area contributed by atoms with Crippen LogP contribution in [0.5, 0.6) is 0 Å². The van der Waals surface area contributed by atoms with Gasteiger partial charge in [0.2, 0.25) is 17.8 Å². The Morgan fingerprint density at radius 1 is 1.13 bits per heavy atom. The fourth-order valence-corrected chi connectivity index (χ4v) is 5.25. The lowest BCUT2D eigenvalue weighted by atomic mass is 10.1. The topological polar surface area (TPSA) is 132 Å². The maximum atomic E-state index is 12.6. The smallest absolute Gasteiger partial charge is 0.238 e. The molecule has 0 unspecified atom stereocenters. The summed E-state index contributed by atoms with van der Waals surface area (Å²) >= 11 is 1.44. The maximum absolute atomic E-state index is 12.6. The van der Waals surface area contributed by atoms with Gasteiger partial charge in [0.15, 0.2) is 11.0 Å². The molecule has 2 amide bonds. The zero-order chi connectivity index (χ0) is 26.1. The van der Waals surface area contributed by atoms with Crippen molar-refractivity contribution < 1.29 is 9.59 Å². The van der Waals surface area contributed by atoms with E-state index in [1.54, 1.807) is 0 Å². The fraction of sp³-hybridized carbons (Fsp3) is 0.346. The van der Waals surface area contributed by atoms with Crippen molar-refractivity contribution in [3.05, 3.63) is 54.4 Å². The number of nitrogens with zero attached hydrogens (tertiary/aromatic N) is 5. The van der Waals surface area contributed by atoms with Gasteiger partial charge in [-0.1, -0.05) is 0 Å². The predicted molar refractivity (Wildman–Crippen MR) is 145 cm³/mol. The zero-order valence-corrected chi connectivity index (χ0v) is 21.8. The third-order valence-corrected chi connectivity index (χ3v) is 7.47. The third-order valence-electron chi connectivity index (χ3n) is 6.59. The average Bonchev–Trinajstić information content (AvgIpc) is 3.23. The van der Waals surface area contributed by atoms with Crippen molar-refractivity contribution in [1.82, 2.24) is 34.8 Å². The first-order chi connectivity index (χ1) is 18.5. The van der Waals surface area contributed by atoms with E-state index in [9.17, 15) is 9.59 Å². The van der Waals surface area contributed by atoms with Crippen LogP contribution in [0.3, 0.4) is 0 Å². The second kappa shape index (κ2) is 10.5. The van der Waals surface area contributed by atoms with E-state index in [0.717, 1.165) is 47.7 Å². The Labute approximate surface area is 223 Å². The summed E-state index contributed by atoms with van der Waals surface area (Å²) in [5.74, 6) is 1.32. The quantitative estimate of drug-likeness (QED) is 0.259. The number of anilines is 3. The Kier molecular flexibility index (Phi) is 6.73. The number of rotatable bonds is 9. The molecule has 0 radical (unpaired) electrons. The number of benzene rings is 1. The van der Waals surface area contributed by atoms with Gasteiger partial charge in [0, 0.05) is 41.1 Å². The Balaban J connectivity index is 1.05. The van der Waals surface area contributed by atoms with Crippen LogP contribution < -0.4 is 16.0 Å². The second-order valence-electron chi connectivity index (χ2n) is 9.81. The zero-order valence-electron chi connectivity index (χ0n) is 21.0. The van der Waals surface area contributed by atoms with E-state index in [2.05, 4.69) is 36.1 Å². The largest absolute Gasteiger partial charge is 0.353 e. The molecule has 3 aromatic heterocycles. The van der Waals surface area contributed by atoms with E-state index >= 15 is 0 Å². The molecule has 2 fully saturated rings. The molecule has 1 saturated heterocycles. The third kappa shape index (κ3) is 5.81. The molecule has 4 heterocycles. The van der Waals surface area contributed by atoms with Crippen LogP contribution in [0.15, 0.2) is 58.7 Å². The normalized spacial score (nSPS) is 17.6. The molecular weight excluding hydrogens is 502 g/mol. The number of nitrogens with one attached hydrogen (secondary N) is 4. The molecule has 2 aliphatic rings. The minimum Gasteiger partial charge on any atom is -0.353 e. The van der Waals surface area contributed by atoms with Crippen molar-refractivity contribution in [3.63, 3.8) is 0 Å².